The lowest BCUT2D eigenvalue weighted by Crippen LogP contribution is -2.36. The van der Waals surface area contributed by atoms with Crippen LogP contribution in [0.4, 0.5) is 0 Å². The van der Waals surface area contributed by atoms with E-state index in [2.05, 4.69) is 10.2 Å². The Morgan fingerprint density at radius 3 is 2.69 bits per heavy atom. The van der Waals surface area contributed by atoms with E-state index in [0.717, 1.165) is 24.1 Å². The van der Waals surface area contributed by atoms with Gasteiger partial charge in [-0.25, -0.2) is 0 Å². The topological polar surface area (TPSA) is 52.7 Å². The molecule has 2 heterocycles. The summed E-state index contributed by atoms with van der Waals surface area (Å²) in [5.41, 5.74) is 2.11. The molecule has 2 aliphatic heterocycles. The lowest BCUT2D eigenvalue weighted by Gasteiger charge is -2.32. The second-order valence-electron chi connectivity index (χ2n) is 7.20. The van der Waals surface area contributed by atoms with Gasteiger partial charge in [-0.1, -0.05) is 30.7 Å². The average molecular weight is 355 g/mol. The molecular formula is C21H29N3O2. The van der Waals surface area contributed by atoms with Gasteiger partial charge >= 0.3 is 0 Å². The number of carbonyl (C=O) groups excluding carboxylic acids is 2. The standard InChI is InChI=1S/C21H29N3O2/c1-17(25)24-15-10-18-8-3-4-9-19(18)20(24)16-21(26)22-11-7-14-23-12-5-2-6-13-23/h3-4,8-10,15,20H,2,5-7,11-14,16H2,1H3,(H,22,26). The van der Waals surface area contributed by atoms with Crippen molar-refractivity contribution in [3.63, 3.8) is 0 Å². The van der Waals surface area contributed by atoms with Crippen molar-refractivity contribution in [3.8, 4) is 0 Å². The van der Waals surface area contributed by atoms with Crippen LogP contribution in [0.1, 0.15) is 56.2 Å². The van der Waals surface area contributed by atoms with Crippen molar-refractivity contribution in [1.82, 2.24) is 15.1 Å². The van der Waals surface area contributed by atoms with Gasteiger partial charge in [-0.15, -0.1) is 0 Å². The number of carbonyl (C=O) groups is 2. The maximum absolute atomic E-state index is 12.5. The molecule has 0 bridgehead atoms. The summed E-state index contributed by atoms with van der Waals surface area (Å²) in [4.78, 5) is 28.6. The van der Waals surface area contributed by atoms with Crippen LogP contribution in [-0.2, 0) is 9.59 Å². The van der Waals surface area contributed by atoms with Crippen molar-refractivity contribution in [3.05, 3.63) is 41.6 Å². The number of hydrogen-bond donors (Lipinski definition) is 1. The number of nitrogens with one attached hydrogen (secondary N) is 1. The number of amides is 2. The molecule has 1 aromatic carbocycles. The first-order valence-corrected chi connectivity index (χ1v) is 9.70. The van der Waals surface area contributed by atoms with Gasteiger partial charge in [0.15, 0.2) is 0 Å². The number of nitrogens with zero attached hydrogens (tertiary/aromatic N) is 2. The summed E-state index contributed by atoms with van der Waals surface area (Å²) in [6, 6.07) is 7.73. The molecule has 140 valence electrons. The van der Waals surface area contributed by atoms with E-state index in [4.69, 9.17) is 0 Å². The largest absolute Gasteiger partial charge is 0.356 e. The summed E-state index contributed by atoms with van der Waals surface area (Å²) in [6.07, 6.45) is 8.93. The molecule has 0 saturated carbocycles. The molecule has 1 fully saturated rings. The van der Waals surface area contributed by atoms with Crippen LogP contribution < -0.4 is 5.32 Å². The van der Waals surface area contributed by atoms with Gasteiger partial charge in [0.05, 0.1) is 12.5 Å². The highest BCUT2D eigenvalue weighted by Gasteiger charge is 2.27. The first-order valence-electron chi connectivity index (χ1n) is 9.70. The number of piperidine rings is 1. The van der Waals surface area contributed by atoms with E-state index in [0.29, 0.717) is 13.0 Å². The SMILES string of the molecule is CC(=O)N1C=Cc2ccccc2C1CC(=O)NCCCN1CCCCC1. The van der Waals surface area contributed by atoms with Gasteiger partial charge < -0.3 is 15.1 Å². The van der Waals surface area contributed by atoms with E-state index >= 15 is 0 Å². The zero-order valence-corrected chi connectivity index (χ0v) is 15.6. The Labute approximate surface area is 156 Å². The third-order valence-electron chi connectivity index (χ3n) is 5.27. The van der Waals surface area contributed by atoms with Gasteiger partial charge in [0, 0.05) is 19.7 Å². The molecule has 1 N–H and O–H groups in total. The van der Waals surface area contributed by atoms with Gasteiger partial charge in [0.1, 0.15) is 0 Å². The third kappa shape index (κ3) is 4.73. The predicted molar refractivity (Wildman–Crippen MR) is 103 cm³/mol. The number of rotatable bonds is 6. The molecule has 0 spiro atoms. The van der Waals surface area contributed by atoms with Crippen molar-refractivity contribution < 1.29 is 9.59 Å². The van der Waals surface area contributed by atoms with E-state index in [9.17, 15) is 9.59 Å². The number of benzene rings is 1. The zero-order chi connectivity index (χ0) is 18.4. The molecule has 1 saturated heterocycles. The Morgan fingerprint density at radius 1 is 1.15 bits per heavy atom. The number of hydrogen-bond acceptors (Lipinski definition) is 3. The Bertz CT molecular complexity index is 665. The van der Waals surface area contributed by atoms with E-state index < -0.39 is 0 Å². The Kier molecular flexibility index (Phi) is 6.45. The van der Waals surface area contributed by atoms with Crippen molar-refractivity contribution >= 4 is 17.9 Å². The van der Waals surface area contributed by atoms with E-state index in [-0.39, 0.29) is 17.9 Å². The van der Waals surface area contributed by atoms with Crippen molar-refractivity contribution in [2.24, 2.45) is 0 Å². The first kappa shape index (κ1) is 18.6. The number of fused-ring (bicyclic) bond motifs is 1. The fourth-order valence-corrected chi connectivity index (χ4v) is 3.87. The van der Waals surface area contributed by atoms with E-state index in [1.54, 1.807) is 18.0 Å². The fraction of sp³-hybridized carbons (Fsp3) is 0.524. The second-order valence-corrected chi connectivity index (χ2v) is 7.20. The Balaban J connectivity index is 1.51. The normalized spacial score (nSPS) is 19.9. The minimum Gasteiger partial charge on any atom is -0.356 e. The number of likely N-dealkylation sites (tertiary alicyclic amines) is 1. The summed E-state index contributed by atoms with van der Waals surface area (Å²) in [5.74, 6) is -0.0383. The summed E-state index contributed by atoms with van der Waals surface area (Å²) < 4.78 is 0. The van der Waals surface area contributed by atoms with Crippen LogP contribution in [0.5, 0.6) is 0 Å². The summed E-state index contributed by atoms with van der Waals surface area (Å²) in [7, 11) is 0. The first-order chi connectivity index (χ1) is 12.6. The third-order valence-corrected chi connectivity index (χ3v) is 5.27. The van der Waals surface area contributed by atoms with Crippen LogP contribution in [-0.4, -0.2) is 47.8 Å². The van der Waals surface area contributed by atoms with Crippen LogP contribution in [0.15, 0.2) is 30.5 Å². The molecule has 2 aliphatic rings. The molecule has 0 radical (unpaired) electrons. The van der Waals surface area contributed by atoms with Gasteiger partial charge in [-0.2, -0.15) is 0 Å². The monoisotopic (exact) mass is 355 g/mol. The van der Waals surface area contributed by atoms with Crippen LogP contribution in [0.25, 0.3) is 6.08 Å². The van der Waals surface area contributed by atoms with Crippen molar-refractivity contribution in [2.75, 3.05) is 26.2 Å². The molecule has 0 aliphatic carbocycles. The van der Waals surface area contributed by atoms with Crippen LogP contribution in [0.3, 0.4) is 0 Å². The minimum absolute atomic E-state index is 0.00463. The molecule has 0 aromatic heterocycles. The lowest BCUT2D eigenvalue weighted by molar-refractivity contribution is -0.129. The summed E-state index contributed by atoms with van der Waals surface area (Å²) in [5, 5.41) is 3.03. The minimum atomic E-state index is -0.226. The quantitative estimate of drug-likeness (QED) is 0.798. The molecule has 1 aromatic rings. The van der Waals surface area contributed by atoms with E-state index in [1.807, 2.05) is 30.3 Å². The molecular weight excluding hydrogens is 326 g/mol. The van der Waals surface area contributed by atoms with Gasteiger partial charge in [-0.3, -0.25) is 9.59 Å². The molecule has 5 nitrogen and oxygen atoms in total. The van der Waals surface area contributed by atoms with Crippen LogP contribution in [0, 0.1) is 0 Å². The molecule has 1 unspecified atom stereocenters. The lowest BCUT2D eigenvalue weighted by atomic mass is 9.93. The molecule has 26 heavy (non-hydrogen) atoms. The fourth-order valence-electron chi connectivity index (χ4n) is 3.87. The van der Waals surface area contributed by atoms with Crippen LogP contribution in [0.2, 0.25) is 0 Å². The van der Waals surface area contributed by atoms with Crippen LogP contribution >= 0.6 is 0 Å². The Morgan fingerprint density at radius 2 is 1.92 bits per heavy atom. The maximum atomic E-state index is 12.5. The predicted octanol–water partition coefficient (Wildman–Crippen LogP) is 2.94. The van der Waals surface area contributed by atoms with Crippen molar-refractivity contribution in [2.45, 2.75) is 45.1 Å². The van der Waals surface area contributed by atoms with Gasteiger partial charge in [0.2, 0.25) is 11.8 Å². The Hall–Kier alpha value is -2.14. The summed E-state index contributed by atoms with van der Waals surface area (Å²) in [6.45, 7) is 5.66. The highest BCUT2D eigenvalue weighted by atomic mass is 16.2. The second kappa shape index (κ2) is 8.99. The zero-order valence-electron chi connectivity index (χ0n) is 15.6. The molecule has 1 atom stereocenters. The van der Waals surface area contributed by atoms with E-state index in [1.165, 1.54) is 32.4 Å². The van der Waals surface area contributed by atoms with Gasteiger partial charge in [0.25, 0.3) is 0 Å². The molecule has 3 rings (SSSR count). The summed E-state index contributed by atoms with van der Waals surface area (Å²) >= 11 is 0. The molecule has 2 amide bonds. The smallest absolute Gasteiger partial charge is 0.223 e. The van der Waals surface area contributed by atoms with Crippen molar-refractivity contribution in [1.29, 1.82) is 0 Å². The maximum Gasteiger partial charge on any atom is 0.223 e. The van der Waals surface area contributed by atoms with Gasteiger partial charge in [-0.05, 0) is 56.1 Å². The highest BCUT2D eigenvalue weighted by Crippen LogP contribution is 2.32. The average Bonchev–Trinajstić information content (AvgIpc) is 2.66. The molecule has 5 heteroatoms. The highest BCUT2D eigenvalue weighted by molar-refractivity contribution is 5.81.